The van der Waals surface area contributed by atoms with Crippen molar-refractivity contribution in [2.24, 2.45) is 0 Å². The van der Waals surface area contributed by atoms with Crippen LogP contribution in [0.5, 0.6) is 0 Å². The summed E-state index contributed by atoms with van der Waals surface area (Å²) in [5, 5.41) is 15.9. The van der Waals surface area contributed by atoms with Gasteiger partial charge in [0.1, 0.15) is 0 Å². The third kappa shape index (κ3) is 5.36. The zero-order chi connectivity index (χ0) is 34.6. The lowest BCUT2D eigenvalue weighted by molar-refractivity contribution is 0.590. The fourth-order valence-corrected chi connectivity index (χ4v) is 10.9. The monoisotopic (exact) mass is 653 g/mol. The van der Waals surface area contributed by atoms with Crippen LogP contribution in [0.3, 0.4) is 0 Å². The number of allylic oxidation sites excluding steroid dienone is 3. The van der Waals surface area contributed by atoms with Gasteiger partial charge in [-0.05, 0) is 92.3 Å². The van der Waals surface area contributed by atoms with Gasteiger partial charge in [-0.2, -0.15) is 5.26 Å². The van der Waals surface area contributed by atoms with Crippen LogP contribution in [-0.4, -0.2) is 9.86 Å². The maximum Gasteiger partial charge on any atom is 0.196 e. The lowest BCUT2D eigenvalue weighted by Gasteiger charge is -2.31. The largest absolute Gasteiger partial charge is 0.309 e. The van der Waals surface area contributed by atoms with E-state index in [9.17, 15) is 5.26 Å². The number of hydrogen-bond donors (Lipinski definition) is 0. The van der Waals surface area contributed by atoms with E-state index in [0.29, 0.717) is 10.7 Å². The van der Waals surface area contributed by atoms with Crippen molar-refractivity contribution in [2.45, 2.75) is 52.4 Å². The van der Waals surface area contributed by atoms with Crippen LogP contribution in [0.25, 0.3) is 37.9 Å². The quantitative estimate of drug-likeness (QED) is 0.138. The minimum Gasteiger partial charge on any atom is -0.309 e. The standard InChI is InChI=1S/C45H40N3P/c1-44(2,3)33-20-24-41-39(28-33)40-29-34(45(4,5)6)21-25-42(40)48(41)35-22-18-31(19-23-35)32-26-38(30-46)49(43(27-32)47-7,36-14-10-8-11-15-36)37-16-12-9-13-17-37/h8-29H,1-6H3. The smallest absolute Gasteiger partial charge is 0.196 e. The Kier molecular flexibility index (Phi) is 7.87. The molecule has 2 heterocycles. The van der Waals surface area contributed by atoms with Crippen molar-refractivity contribution in [1.29, 1.82) is 5.26 Å². The molecule has 1 aliphatic heterocycles. The van der Waals surface area contributed by atoms with Crippen molar-refractivity contribution >= 4 is 50.2 Å². The summed E-state index contributed by atoms with van der Waals surface area (Å²) < 4.78 is 2.36. The molecule has 1 aromatic heterocycles. The van der Waals surface area contributed by atoms with Crippen LogP contribution < -0.4 is 10.6 Å². The highest BCUT2D eigenvalue weighted by Gasteiger charge is 2.35. The molecule has 1 aliphatic rings. The van der Waals surface area contributed by atoms with Gasteiger partial charge in [0.15, 0.2) is 5.44 Å². The molecule has 6 aromatic rings. The Hall–Kier alpha value is -5.34. The van der Waals surface area contributed by atoms with Crippen molar-refractivity contribution in [3.8, 4) is 11.8 Å². The van der Waals surface area contributed by atoms with E-state index < -0.39 is 6.89 Å². The molecular formula is C45H40N3P. The third-order valence-electron chi connectivity index (χ3n) is 9.75. The molecule has 0 spiro atoms. The first-order valence-corrected chi connectivity index (χ1v) is 18.5. The number of benzene rings is 5. The molecule has 49 heavy (non-hydrogen) atoms. The van der Waals surface area contributed by atoms with Crippen molar-refractivity contribution in [2.75, 3.05) is 0 Å². The molecule has 0 radical (unpaired) electrons. The minimum absolute atomic E-state index is 0.0392. The van der Waals surface area contributed by atoms with Crippen molar-refractivity contribution in [1.82, 2.24) is 4.57 Å². The zero-order valence-electron chi connectivity index (χ0n) is 29.0. The molecule has 0 saturated heterocycles. The molecule has 0 bridgehead atoms. The molecule has 0 unspecified atom stereocenters. The van der Waals surface area contributed by atoms with Crippen LogP contribution >= 0.6 is 6.89 Å². The molecule has 0 atom stereocenters. The van der Waals surface area contributed by atoms with Gasteiger partial charge in [-0.25, -0.2) is 4.85 Å². The van der Waals surface area contributed by atoms with E-state index >= 15 is 0 Å². The summed E-state index contributed by atoms with van der Waals surface area (Å²) in [5.74, 6) is 0. The number of hydrogen-bond acceptors (Lipinski definition) is 1. The van der Waals surface area contributed by atoms with Crippen LogP contribution in [0.2, 0.25) is 0 Å². The van der Waals surface area contributed by atoms with E-state index in [1.54, 1.807) is 0 Å². The van der Waals surface area contributed by atoms with Crippen LogP contribution in [-0.2, 0) is 10.8 Å². The summed E-state index contributed by atoms with van der Waals surface area (Å²) in [6.07, 6.45) is 4.03. The predicted molar refractivity (Wildman–Crippen MR) is 211 cm³/mol. The molecule has 3 nitrogen and oxygen atoms in total. The summed E-state index contributed by atoms with van der Waals surface area (Å²) in [4.78, 5) is 4.15. The van der Waals surface area contributed by atoms with Gasteiger partial charge in [-0.3, -0.25) is 0 Å². The summed E-state index contributed by atoms with van der Waals surface area (Å²) in [6.45, 7) is 19.4. The first-order chi connectivity index (χ1) is 23.5. The maximum atomic E-state index is 10.7. The Morgan fingerprint density at radius 1 is 0.633 bits per heavy atom. The van der Waals surface area contributed by atoms with E-state index in [1.807, 2.05) is 48.6 Å². The van der Waals surface area contributed by atoms with Crippen molar-refractivity contribution in [3.05, 3.63) is 167 Å². The van der Waals surface area contributed by atoms with E-state index in [2.05, 4.69) is 142 Å². The number of nitrogens with zero attached hydrogens (tertiary/aromatic N) is 3. The number of rotatable bonds is 4. The van der Waals surface area contributed by atoms with Gasteiger partial charge in [-0.15, -0.1) is 0 Å². The predicted octanol–water partition coefficient (Wildman–Crippen LogP) is 10.9. The normalized spacial score (nSPS) is 14.7. The molecular weight excluding hydrogens is 613 g/mol. The summed E-state index contributed by atoms with van der Waals surface area (Å²) in [6, 6.07) is 45.1. The minimum atomic E-state index is -2.63. The molecule has 0 aliphatic carbocycles. The van der Waals surface area contributed by atoms with Crippen molar-refractivity contribution in [3.63, 3.8) is 0 Å². The first kappa shape index (κ1) is 32.2. The van der Waals surface area contributed by atoms with Crippen molar-refractivity contribution < 1.29 is 0 Å². The Morgan fingerprint density at radius 2 is 1.12 bits per heavy atom. The van der Waals surface area contributed by atoms with Gasteiger partial charge in [0.25, 0.3) is 0 Å². The fourth-order valence-electron chi connectivity index (χ4n) is 7.06. The maximum absolute atomic E-state index is 10.7. The molecule has 4 heteroatoms. The molecule has 0 N–H and O–H groups in total. The Labute approximate surface area is 290 Å². The second-order valence-electron chi connectivity index (χ2n) is 14.9. The topological polar surface area (TPSA) is 33.1 Å². The average molecular weight is 654 g/mol. The van der Waals surface area contributed by atoms with E-state index in [0.717, 1.165) is 27.4 Å². The number of aromatic nitrogens is 1. The fraction of sp³-hybridized carbons (Fsp3) is 0.178. The van der Waals surface area contributed by atoms with Crippen LogP contribution in [0.15, 0.2) is 139 Å². The van der Waals surface area contributed by atoms with Crippen LogP contribution in [0.4, 0.5) is 0 Å². The second-order valence-corrected chi connectivity index (χ2v) is 18.2. The van der Waals surface area contributed by atoms with Gasteiger partial charge < -0.3 is 4.57 Å². The Bertz CT molecular complexity index is 2330. The molecule has 240 valence electrons. The molecule has 5 aromatic carbocycles. The number of fused-ring (bicyclic) bond motifs is 3. The molecule has 0 fully saturated rings. The zero-order valence-corrected chi connectivity index (χ0v) is 29.9. The molecule has 0 amide bonds. The van der Waals surface area contributed by atoms with Gasteiger partial charge in [0.05, 0.1) is 29.0 Å². The van der Waals surface area contributed by atoms with E-state index in [4.69, 9.17) is 6.57 Å². The van der Waals surface area contributed by atoms with Gasteiger partial charge in [0.2, 0.25) is 0 Å². The lowest BCUT2D eigenvalue weighted by atomic mass is 9.85. The lowest BCUT2D eigenvalue weighted by Crippen LogP contribution is -2.23. The SMILES string of the molecule is [C-]#[N+]C1=CC(c2ccc(-n3c4ccc(C(C)(C)C)cc4c4cc(C(C)(C)C)ccc43)cc2)=CC(C#N)=P1(c1ccccc1)c1ccccc1. The highest BCUT2D eigenvalue weighted by atomic mass is 31.2. The van der Waals surface area contributed by atoms with Gasteiger partial charge in [-0.1, -0.05) is 126 Å². The highest BCUT2D eigenvalue weighted by Crippen LogP contribution is 2.58. The Morgan fingerprint density at radius 3 is 1.55 bits per heavy atom. The summed E-state index contributed by atoms with van der Waals surface area (Å²) in [5.41, 5.74) is 8.61. The van der Waals surface area contributed by atoms with Crippen LogP contribution in [0.1, 0.15) is 58.2 Å². The van der Waals surface area contributed by atoms with Crippen LogP contribution in [0, 0.1) is 17.9 Å². The average Bonchev–Trinajstić information content (AvgIpc) is 3.44. The van der Waals surface area contributed by atoms with E-state index in [-0.39, 0.29) is 10.8 Å². The van der Waals surface area contributed by atoms with Gasteiger partial charge >= 0.3 is 0 Å². The first-order valence-electron chi connectivity index (χ1n) is 16.8. The third-order valence-corrected chi connectivity index (χ3v) is 13.8. The summed E-state index contributed by atoms with van der Waals surface area (Å²) >= 11 is 0. The van der Waals surface area contributed by atoms with Gasteiger partial charge in [0, 0.05) is 23.3 Å². The Balaban J connectivity index is 1.41. The van der Waals surface area contributed by atoms with E-state index in [1.165, 1.54) is 32.9 Å². The molecule has 0 saturated carbocycles. The number of nitriles is 1. The summed E-state index contributed by atoms with van der Waals surface area (Å²) in [7, 11) is 0. The highest BCUT2D eigenvalue weighted by molar-refractivity contribution is 7.93. The second kappa shape index (κ2) is 12.0. The molecule has 7 rings (SSSR count).